The molecule has 1 amide bonds. The number of ketones is 1. The van der Waals surface area contributed by atoms with E-state index in [2.05, 4.69) is 5.32 Å². The van der Waals surface area contributed by atoms with Crippen molar-refractivity contribution in [2.75, 3.05) is 40.3 Å². The minimum Gasteiger partial charge on any atom is -0.340 e. The maximum absolute atomic E-state index is 12.2. The van der Waals surface area contributed by atoms with Gasteiger partial charge in [-0.3, -0.25) is 14.5 Å². The Morgan fingerprint density at radius 2 is 2.14 bits per heavy atom. The number of allylic oxidation sites excluding steroid dienone is 1. The van der Waals surface area contributed by atoms with Gasteiger partial charge < -0.3 is 10.2 Å². The second-order valence-corrected chi connectivity index (χ2v) is 6.12. The van der Waals surface area contributed by atoms with Crippen LogP contribution in [0.5, 0.6) is 0 Å². The standard InChI is InChI=1S/C16H29N3O2/c1-13(2)15(20)8-6-9-18(4)12-16(21)19-10-5-7-14(11-19)17-3/h6,8,13-14,17H,5,7,9-12H2,1-4H3/b8-6+. The van der Waals surface area contributed by atoms with Gasteiger partial charge in [0.05, 0.1) is 6.54 Å². The maximum Gasteiger partial charge on any atom is 0.236 e. The summed E-state index contributed by atoms with van der Waals surface area (Å²) in [6.45, 7) is 6.43. The number of nitrogens with zero attached hydrogens (tertiary/aromatic N) is 2. The largest absolute Gasteiger partial charge is 0.340 e. The Labute approximate surface area is 128 Å². The fourth-order valence-electron chi connectivity index (χ4n) is 2.38. The highest BCUT2D eigenvalue weighted by molar-refractivity contribution is 5.91. The van der Waals surface area contributed by atoms with Gasteiger partial charge in [-0.2, -0.15) is 0 Å². The van der Waals surface area contributed by atoms with Crippen LogP contribution in [0.1, 0.15) is 26.7 Å². The van der Waals surface area contributed by atoms with Gasteiger partial charge >= 0.3 is 0 Å². The van der Waals surface area contributed by atoms with Crippen LogP contribution in [0.4, 0.5) is 0 Å². The molecule has 1 aliphatic heterocycles. The number of likely N-dealkylation sites (N-methyl/N-ethyl adjacent to an activating group) is 2. The van der Waals surface area contributed by atoms with Gasteiger partial charge in [0.15, 0.2) is 5.78 Å². The van der Waals surface area contributed by atoms with E-state index in [1.165, 1.54) is 0 Å². The summed E-state index contributed by atoms with van der Waals surface area (Å²) in [4.78, 5) is 27.6. The molecular formula is C16H29N3O2. The van der Waals surface area contributed by atoms with Gasteiger partial charge in [-0.1, -0.05) is 19.9 Å². The van der Waals surface area contributed by atoms with E-state index in [1.807, 2.05) is 43.8 Å². The number of carbonyl (C=O) groups excluding carboxylic acids is 2. The van der Waals surface area contributed by atoms with Crippen LogP contribution in [0, 0.1) is 5.92 Å². The lowest BCUT2D eigenvalue weighted by atomic mass is 10.1. The molecule has 0 aliphatic carbocycles. The monoisotopic (exact) mass is 295 g/mol. The molecule has 0 aromatic carbocycles. The Morgan fingerprint density at radius 1 is 1.43 bits per heavy atom. The van der Waals surface area contributed by atoms with Crippen LogP contribution in [-0.2, 0) is 9.59 Å². The lowest BCUT2D eigenvalue weighted by molar-refractivity contribution is -0.133. The molecule has 1 atom stereocenters. The van der Waals surface area contributed by atoms with Crippen molar-refractivity contribution in [1.82, 2.24) is 15.1 Å². The summed E-state index contributed by atoms with van der Waals surface area (Å²) in [7, 11) is 3.85. The van der Waals surface area contributed by atoms with Gasteiger partial charge in [-0.05, 0) is 33.0 Å². The minimum absolute atomic E-state index is 0.0278. The number of hydrogen-bond acceptors (Lipinski definition) is 4. The lowest BCUT2D eigenvalue weighted by Crippen LogP contribution is -2.49. The molecule has 0 bridgehead atoms. The Bertz CT molecular complexity index is 380. The predicted molar refractivity (Wildman–Crippen MR) is 85.1 cm³/mol. The van der Waals surface area contributed by atoms with Gasteiger partial charge in [0.1, 0.15) is 0 Å². The highest BCUT2D eigenvalue weighted by Crippen LogP contribution is 2.10. The van der Waals surface area contributed by atoms with Crippen molar-refractivity contribution in [3.8, 4) is 0 Å². The first-order valence-electron chi connectivity index (χ1n) is 7.78. The molecular weight excluding hydrogens is 266 g/mol. The first-order valence-corrected chi connectivity index (χ1v) is 7.78. The first kappa shape index (κ1) is 17.9. The summed E-state index contributed by atoms with van der Waals surface area (Å²) >= 11 is 0. The average molecular weight is 295 g/mol. The molecule has 1 unspecified atom stereocenters. The lowest BCUT2D eigenvalue weighted by Gasteiger charge is -2.33. The third-order valence-electron chi connectivity index (χ3n) is 3.86. The van der Waals surface area contributed by atoms with Crippen LogP contribution < -0.4 is 5.32 Å². The van der Waals surface area contributed by atoms with E-state index in [-0.39, 0.29) is 17.6 Å². The Kier molecular flexibility index (Phi) is 7.61. The topological polar surface area (TPSA) is 52.7 Å². The summed E-state index contributed by atoms with van der Waals surface area (Å²) in [5.41, 5.74) is 0. The van der Waals surface area contributed by atoms with Gasteiger partial charge in [-0.15, -0.1) is 0 Å². The van der Waals surface area contributed by atoms with Crippen molar-refractivity contribution in [3.05, 3.63) is 12.2 Å². The Hall–Kier alpha value is -1.20. The average Bonchev–Trinajstić information content (AvgIpc) is 2.46. The molecule has 21 heavy (non-hydrogen) atoms. The van der Waals surface area contributed by atoms with E-state index >= 15 is 0 Å². The highest BCUT2D eigenvalue weighted by Gasteiger charge is 2.22. The maximum atomic E-state index is 12.2. The van der Waals surface area contributed by atoms with E-state index < -0.39 is 0 Å². The molecule has 1 N–H and O–H groups in total. The van der Waals surface area contributed by atoms with Crippen molar-refractivity contribution >= 4 is 11.7 Å². The predicted octanol–water partition coefficient (Wildman–Crippen LogP) is 0.910. The van der Waals surface area contributed by atoms with Crippen LogP contribution in [0.3, 0.4) is 0 Å². The second kappa shape index (κ2) is 8.95. The molecule has 0 spiro atoms. The van der Waals surface area contributed by atoms with E-state index in [0.29, 0.717) is 19.1 Å². The van der Waals surface area contributed by atoms with Crippen LogP contribution in [-0.4, -0.2) is 67.8 Å². The molecule has 0 aromatic heterocycles. The summed E-state index contributed by atoms with van der Waals surface area (Å²) < 4.78 is 0. The van der Waals surface area contributed by atoms with Crippen molar-refractivity contribution in [2.45, 2.75) is 32.7 Å². The van der Waals surface area contributed by atoms with Crippen molar-refractivity contribution in [1.29, 1.82) is 0 Å². The number of rotatable bonds is 7. The number of likely N-dealkylation sites (tertiary alicyclic amines) is 1. The first-order chi connectivity index (χ1) is 9.93. The van der Waals surface area contributed by atoms with Crippen molar-refractivity contribution < 1.29 is 9.59 Å². The van der Waals surface area contributed by atoms with Gasteiger partial charge in [0, 0.05) is 31.6 Å². The second-order valence-electron chi connectivity index (χ2n) is 6.12. The number of hydrogen-bond donors (Lipinski definition) is 1. The zero-order chi connectivity index (χ0) is 15.8. The molecule has 5 nitrogen and oxygen atoms in total. The third-order valence-corrected chi connectivity index (χ3v) is 3.86. The molecule has 1 saturated heterocycles. The third kappa shape index (κ3) is 6.40. The number of amides is 1. The fraction of sp³-hybridized carbons (Fsp3) is 0.750. The molecule has 1 aliphatic rings. The number of piperidine rings is 1. The zero-order valence-electron chi connectivity index (χ0n) is 13.8. The molecule has 1 heterocycles. The van der Waals surface area contributed by atoms with Crippen LogP contribution >= 0.6 is 0 Å². The summed E-state index contributed by atoms with van der Waals surface area (Å²) in [5.74, 6) is 0.323. The summed E-state index contributed by atoms with van der Waals surface area (Å²) in [6.07, 6.45) is 5.64. The van der Waals surface area contributed by atoms with Gasteiger partial charge in [-0.25, -0.2) is 0 Å². The molecule has 1 rings (SSSR count). The van der Waals surface area contributed by atoms with E-state index in [9.17, 15) is 9.59 Å². The van der Waals surface area contributed by atoms with Crippen molar-refractivity contribution in [2.24, 2.45) is 5.92 Å². The van der Waals surface area contributed by atoms with Crippen LogP contribution in [0.2, 0.25) is 0 Å². The number of nitrogens with one attached hydrogen (secondary N) is 1. The SMILES string of the molecule is CNC1CCCN(C(=O)CN(C)C/C=C/C(=O)C(C)C)C1. The van der Waals surface area contributed by atoms with Crippen LogP contribution in [0.15, 0.2) is 12.2 Å². The van der Waals surface area contributed by atoms with Crippen LogP contribution in [0.25, 0.3) is 0 Å². The highest BCUT2D eigenvalue weighted by atomic mass is 16.2. The van der Waals surface area contributed by atoms with Gasteiger partial charge in [0.25, 0.3) is 0 Å². The minimum atomic E-state index is 0.0278. The zero-order valence-corrected chi connectivity index (χ0v) is 13.8. The van der Waals surface area contributed by atoms with Gasteiger partial charge in [0.2, 0.25) is 5.91 Å². The smallest absolute Gasteiger partial charge is 0.236 e. The quantitative estimate of drug-likeness (QED) is 0.709. The number of carbonyl (C=O) groups is 2. The molecule has 5 heteroatoms. The summed E-state index contributed by atoms with van der Waals surface area (Å²) in [5, 5.41) is 3.24. The Morgan fingerprint density at radius 3 is 2.76 bits per heavy atom. The molecule has 120 valence electrons. The Balaban J connectivity index is 2.35. The molecule has 0 aromatic rings. The fourth-order valence-corrected chi connectivity index (χ4v) is 2.38. The van der Waals surface area contributed by atoms with E-state index in [0.717, 1.165) is 25.9 Å². The normalized spacial score (nSPS) is 19.7. The van der Waals surface area contributed by atoms with E-state index in [1.54, 1.807) is 6.08 Å². The molecule has 1 fully saturated rings. The van der Waals surface area contributed by atoms with E-state index in [4.69, 9.17) is 0 Å². The van der Waals surface area contributed by atoms with Crippen molar-refractivity contribution in [3.63, 3.8) is 0 Å². The molecule has 0 radical (unpaired) electrons. The molecule has 0 saturated carbocycles. The summed E-state index contributed by atoms with van der Waals surface area (Å²) in [6, 6.07) is 0.413.